The zero-order chi connectivity index (χ0) is 31.8. The van der Waals surface area contributed by atoms with Gasteiger partial charge in [-0.2, -0.15) is 0 Å². The minimum Gasteiger partial charge on any atom is -0.541 e. The first-order chi connectivity index (χ1) is 18.4. The third-order valence-corrected chi connectivity index (χ3v) is 23.1. The third-order valence-electron chi connectivity index (χ3n) is 10.1. The molecule has 41 heavy (non-hydrogen) atoms. The fourth-order valence-corrected chi connectivity index (χ4v) is 7.06. The average Bonchev–Trinajstić information content (AvgIpc) is 3.08. The van der Waals surface area contributed by atoms with E-state index >= 15 is 0 Å². The first-order valence-electron chi connectivity index (χ1n) is 15.9. The van der Waals surface area contributed by atoms with Crippen LogP contribution in [0.5, 0.6) is 17.2 Å². The van der Waals surface area contributed by atoms with Crippen molar-refractivity contribution in [3.8, 4) is 17.2 Å². The van der Waals surface area contributed by atoms with Crippen LogP contribution in [-0.2, 0) is 4.74 Å². The van der Waals surface area contributed by atoms with E-state index in [4.69, 9.17) is 18.0 Å². The number of unbranched alkanes of at least 4 members (excludes halogenated alkanes) is 4. The number of cyclic esters (lactones) is 1. The smallest absolute Gasteiger partial charge is 0.339 e. The molecule has 0 fully saturated rings. The summed E-state index contributed by atoms with van der Waals surface area (Å²) >= 11 is 0. The number of hydrogen-bond donors (Lipinski definition) is 0. The molecule has 0 radical (unpaired) electrons. The second-order valence-corrected chi connectivity index (χ2v) is 30.9. The standard InChI is InChI=1S/C33H62O5Si3/c1-17-18-19-20-21-22-25-27-24(30(34)35-25)23-26(36-39(11,12)31(2,3)4)28(37-40(13,14)32(5,6)7)29(27)38-41(15,16)33(8,9)10/h23,25H,17-22H2,1-16H3/t25-/m1/s1. The number of carbonyl (C=O) groups is 1. The van der Waals surface area contributed by atoms with Crippen molar-refractivity contribution in [3.63, 3.8) is 0 Å². The van der Waals surface area contributed by atoms with Gasteiger partial charge in [-0.25, -0.2) is 4.79 Å². The highest BCUT2D eigenvalue weighted by molar-refractivity contribution is 6.76. The van der Waals surface area contributed by atoms with Crippen molar-refractivity contribution >= 4 is 30.9 Å². The fraction of sp³-hybridized carbons (Fsp3) is 0.788. The Labute approximate surface area is 255 Å². The van der Waals surface area contributed by atoms with Crippen molar-refractivity contribution in [3.05, 3.63) is 17.2 Å². The molecule has 1 aliphatic heterocycles. The lowest BCUT2D eigenvalue weighted by Gasteiger charge is -2.42. The SMILES string of the molecule is CCCCCCC[C@H]1OC(=O)c2cc(O[Si](C)(C)C(C)(C)C)c(O[Si](C)(C)C(C)(C)C)c(O[Si](C)(C)C(C)(C)C)c21. The molecule has 0 unspecified atom stereocenters. The van der Waals surface area contributed by atoms with Gasteiger partial charge < -0.3 is 18.0 Å². The van der Waals surface area contributed by atoms with Crippen molar-refractivity contribution in [1.29, 1.82) is 0 Å². The van der Waals surface area contributed by atoms with E-state index in [-0.39, 0.29) is 27.2 Å². The Morgan fingerprint density at radius 2 is 1.12 bits per heavy atom. The average molecular weight is 623 g/mol. The fourth-order valence-electron chi connectivity index (χ4n) is 4.03. The lowest BCUT2D eigenvalue weighted by atomic mass is 9.98. The van der Waals surface area contributed by atoms with E-state index in [1.165, 1.54) is 19.3 Å². The summed E-state index contributed by atoms with van der Waals surface area (Å²) in [5.41, 5.74) is 1.44. The second kappa shape index (κ2) is 12.4. The highest BCUT2D eigenvalue weighted by Gasteiger charge is 2.48. The summed E-state index contributed by atoms with van der Waals surface area (Å²) in [6.07, 6.45) is 6.25. The Hall–Kier alpha value is -1.26. The zero-order valence-electron chi connectivity index (χ0n) is 29.4. The summed E-state index contributed by atoms with van der Waals surface area (Å²) in [4.78, 5) is 13.5. The molecule has 1 heterocycles. The number of carbonyl (C=O) groups excluding carboxylic acids is 1. The molecular formula is C33H62O5Si3. The maximum Gasteiger partial charge on any atom is 0.339 e. The van der Waals surface area contributed by atoms with E-state index in [1.54, 1.807) is 0 Å². The molecule has 1 aliphatic rings. The summed E-state index contributed by atoms with van der Waals surface area (Å²) in [5, 5.41) is -0.0920. The van der Waals surface area contributed by atoms with E-state index in [0.717, 1.165) is 24.8 Å². The van der Waals surface area contributed by atoms with Gasteiger partial charge in [0.15, 0.2) is 11.5 Å². The van der Waals surface area contributed by atoms with Crippen LogP contribution in [0.1, 0.15) is 130 Å². The van der Waals surface area contributed by atoms with E-state index in [1.807, 2.05) is 6.07 Å². The summed E-state index contributed by atoms with van der Waals surface area (Å²) in [6, 6.07) is 1.91. The lowest BCUT2D eigenvalue weighted by molar-refractivity contribution is 0.0361. The molecule has 8 heteroatoms. The number of rotatable bonds is 12. The van der Waals surface area contributed by atoms with Gasteiger partial charge in [-0.3, -0.25) is 0 Å². The molecule has 5 nitrogen and oxygen atoms in total. The van der Waals surface area contributed by atoms with E-state index < -0.39 is 25.0 Å². The predicted octanol–water partition coefficient (Wildman–Crippen LogP) is 11.4. The van der Waals surface area contributed by atoms with Gasteiger partial charge in [0.25, 0.3) is 25.0 Å². The van der Waals surface area contributed by atoms with Gasteiger partial charge >= 0.3 is 5.97 Å². The Morgan fingerprint density at radius 1 is 0.683 bits per heavy atom. The molecule has 2 rings (SSSR count). The van der Waals surface area contributed by atoms with Gasteiger partial charge in [0.2, 0.25) is 0 Å². The predicted molar refractivity (Wildman–Crippen MR) is 181 cm³/mol. The molecule has 0 amide bonds. The number of fused-ring (bicyclic) bond motifs is 1. The van der Waals surface area contributed by atoms with Crippen LogP contribution < -0.4 is 13.3 Å². The number of benzene rings is 1. The zero-order valence-corrected chi connectivity index (χ0v) is 32.4. The maximum atomic E-state index is 13.5. The Morgan fingerprint density at radius 3 is 1.59 bits per heavy atom. The van der Waals surface area contributed by atoms with Crippen LogP contribution in [0.15, 0.2) is 6.07 Å². The van der Waals surface area contributed by atoms with Crippen LogP contribution in [0.25, 0.3) is 0 Å². The van der Waals surface area contributed by atoms with E-state index in [2.05, 4.69) is 109 Å². The molecular weight excluding hydrogens is 561 g/mol. The van der Waals surface area contributed by atoms with Gasteiger partial charge in [0, 0.05) is 0 Å². The molecule has 0 spiro atoms. The monoisotopic (exact) mass is 622 g/mol. The van der Waals surface area contributed by atoms with Gasteiger partial charge in [0.1, 0.15) is 11.9 Å². The number of ether oxygens (including phenoxy) is 1. The largest absolute Gasteiger partial charge is 0.541 e. The molecule has 0 aliphatic carbocycles. The van der Waals surface area contributed by atoms with Crippen molar-refractivity contribution in [2.24, 2.45) is 0 Å². The van der Waals surface area contributed by atoms with Crippen molar-refractivity contribution in [1.82, 2.24) is 0 Å². The number of esters is 1. The summed E-state index contributed by atoms with van der Waals surface area (Å²) < 4.78 is 27.5. The van der Waals surface area contributed by atoms with Gasteiger partial charge in [0.05, 0.1) is 11.1 Å². The summed E-state index contributed by atoms with van der Waals surface area (Å²) in [6.45, 7) is 35.9. The highest BCUT2D eigenvalue weighted by atomic mass is 28.4. The lowest BCUT2D eigenvalue weighted by Crippen LogP contribution is -2.47. The Bertz CT molecular complexity index is 1070. The molecule has 0 saturated carbocycles. The summed E-state index contributed by atoms with van der Waals surface area (Å²) in [5.74, 6) is 1.73. The molecule has 0 bridgehead atoms. The Kier molecular flexibility index (Phi) is 10.9. The molecule has 1 atom stereocenters. The van der Waals surface area contributed by atoms with Crippen molar-refractivity contribution < 1.29 is 22.8 Å². The van der Waals surface area contributed by atoms with Crippen LogP contribution in [-0.4, -0.2) is 30.9 Å². The van der Waals surface area contributed by atoms with Crippen LogP contribution in [0.3, 0.4) is 0 Å². The normalized spacial score (nSPS) is 16.9. The van der Waals surface area contributed by atoms with Gasteiger partial charge in [-0.1, -0.05) is 94.9 Å². The van der Waals surface area contributed by atoms with Crippen LogP contribution in [0.2, 0.25) is 54.4 Å². The van der Waals surface area contributed by atoms with Crippen LogP contribution in [0.4, 0.5) is 0 Å². The third kappa shape index (κ3) is 8.22. The highest BCUT2D eigenvalue weighted by Crippen LogP contribution is 2.55. The minimum absolute atomic E-state index is 0.0256. The van der Waals surface area contributed by atoms with Gasteiger partial charge in [-0.05, 0) is 73.3 Å². The number of hydrogen-bond acceptors (Lipinski definition) is 5. The summed E-state index contributed by atoms with van der Waals surface area (Å²) in [7, 11) is -6.94. The van der Waals surface area contributed by atoms with E-state index in [0.29, 0.717) is 22.8 Å². The molecule has 0 N–H and O–H groups in total. The first-order valence-corrected chi connectivity index (χ1v) is 24.6. The quantitative estimate of drug-likeness (QED) is 0.132. The van der Waals surface area contributed by atoms with Crippen molar-refractivity contribution in [2.75, 3.05) is 0 Å². The van der Waals surface area contributed by atoms with Crippen LogP contribution >= 0.6 is 0 Å². The molecule has 0 saturated heterocycles. The molecule has 1 aromatic rings. The molecule has 1 aromatic carbocycles. The van der Waals surface area contributed by atoms with Gasteiger partial charge in [-0.15, -0.1) is 0 Å². The maximum absolute atomic E-state index is 13.5. The molecule has 236 valence electrons. The molecule has 0 aromatic heterocycles. The van der Waals surface area contributed by atoms with E-state index in [9.17, 15) is 4.79 Å². The first kappa shape index (κ1) is 35.9. The minimum atomic E-state index is -2.34. The Balaban J connectivity index is 2.87. The van der Waals surface area contributed by atoms with Crippen molar-refractivity contribution in [2.45, 2.75) is 168 Å². The van der Waals surface area contributed by atoms with Crippen LogP contribution in [0, 0.1) is 0 Å². The second-order valence-electron chi connectivity index (χ2n) is 16.7. The topological polar surface area (TPSA) is 54.0 Å².